The van der Waals surface area contributed by atoms with Gasteiger partial charge in [0.25, 0.3) is 5.91 Å². The van der Waals surface area contributed by atoms with Gasteiger partial charge in [-0.05, 0) is 48.4 Å². The zero-order chi connectivity index (χ0) is 27.4. The summed E-state index contributed by atoms with van der Waals surface area (Å²) in [7, 11) is 0. The Hall–Kier alpha value is -4.42. The minimum atomic E-state index is -0.495. The molecule has 0 unspecified atom stereocenters. The van der Waals surface area contributed by atoms with Crippen LogP contribution in [0.3, 0.4) is 0 Å². The van der Waals surface area contributed by atoms with Crippen molar-refractivity contribution in [3.05, 3.63) is 70.8 Å². The van der Waals surface area contributed by atoms with E-state index in [-0.39, 0.29) is 29.3 Å². The lowest BCUT2D eigenvalue weighted by Gasteiger charge is -2.31. The summed E-state index contributed by atoms with van der Waals surface area (Å²) in [5.74, 6) is -0.114. The summed E-state index contributed by atoms with van der Waals surface area (Å²) in [5, 5.41) is 17.9. The lowest BCUT2D eigenvalue weighted by molar-refractivity contribution is -0.0286. The highest BCUT2D eigenvalue weighted by Crippen LogP contribution is 2.42. The number of amides is 1. The molecule has 12 heteroatoms. The third-order valence-corrected chi connectivity index (χ3v) is 7.65. The van der Waals surface area contributed by atoms with Gasteiger partial charge in [0.05, 0.1) is 49.0 Å². The molecule has 7 rings (SSSR count). The smallest absolute Gasteiger partial charge is 0.261 e. The van der Waals surface area contributed by atoms with Gasteiger partial charge in [0.15, 0.2) is 5.82 Å². The molecule has 40 heavy (non-hydrogen) atoms. The summed E-state index contributed by atoms with van der Waals surface area (Å²) in [6.45, 7) is 1.20. The second-order valence-corrected chi connectivity index (χ2v) is 10.3. The monoisotopic (exact) mass is 542 g/mol. The molecule has 0 atom stereocenters. The predicted octanol–water partition coefficient (Wildman–Crippen LogP) is 3.34. The number of aliphatic hydroxyl groups excluding tert-OH is 1. The molecule has 2 aromatic heterocycles. The molecule has 0 radical (unpaired) electrons. The molecule has 204 valence electrons. The van der Waals surface area contributed by atoms with Crippen molar-refractivity contribution in [2.45, 2.75) is 37.8 Å². The van der Waals surface area contributed by atoms with Crippen LogP contribution in [0.25, 0.3) is 11.4 Å². The number of nitrogen functional groups attached to an aromatic ring is 1. The number of hydrogen-bond donors (Lipinski definition) is 3. The molecular weight excluding hydrogens is 515 g/mol. The van der Waals surface area contributed by atoms with Crippen LogP contribution in [0.4, 0.5) is 27.7 Å². The minimum absolute atomic E-state index is 0.0157. The van der Waals surface area contributed by atoms with E-state index in [4.69, 9.17) is 10.5 Å². The summed E-state index contributed by atoms with van der Waals surface area (Å²) < 4.78 is 22.2. The van der Waals surface area contributed by atoms with Gasteiger partial charge in [-0.15, -0.1) is 0 Å². The largest absolute Gasteiger partial charge is 0.392 e. The van der Waals surface area contributed by atoms with Gasteiger partial charge >= 0.3 is 0 Å². The highest BCUT2D eigenvalue weighted by Gasteiger charge is 2.33. The van der Waals surface area contributed by atoms with Crippen LogP contribution in [0, 0.1) is 5.82 Å². The Balaban J connectivity index is 1.21. The Kier molecular flexibility index (Phi) is 5.93. The van der Waals surface area contributed by atoms with Gasteiger partial charge in [0, 0.05) is 23.9 Å². The van der Waals surface area contributed by atoms with Gasteiger partial charge in [-0.1, -0.05) is 18.2 Å². The molecule has 1 saturated heterocycles. The number of fused-ring (bicyclic) bond motifs is 1. The first kappa shape index (κ1) is 24.6. The van der Waals surface area contributed by atoms with Crippen LogP contribution in [0.2, 0.25) is 0 Å². The number of carbonyl (C=O) groups excluding carboxylic acids is 1. The summed E-state index contributed by atoms with van der Waals surface area (Å²) >= 11 is 0. The van der Waals surface area contributed by atoms with E-state index in [9.17, 15) is 9.90 Å². The maximum Gasteiger partial charge on any atom is 0.261 e. The van der Waals surface area contributed by atoms with Gasteiger partial charge in [-0.2, -0.15) is 20.1 Å². The number of carbonyl (C=O) groups is 1. The number of rotatable bonds is 7. The molecule has 11 nitrogen and oxygen atoms in total. The first-order valence-electron chi connectivity index (χ1n) is 13.3. The molecule has 1 amide bonds. The lowest BCUT2D eigenvalue weighted by Crippen LogP contribution is -2.39. The number of ether oxygens (including phenoxy) is 1. The number of aromatic nitrogens is 5. The minimum Gasteiger partial charge on any atom is -0.392 e. The highest BCUT2D eigenvalue weighted by atomic mass is 19.1. The van der Waals surface area contributed by atoms with Gasteiger partial charge in [0.2, 0.25) is 11.9 Å². The van der Waals surface area contributed by atoms with E-state index in [2.05, 4.69) is 25.4 Å². The van der Waals surface area contributed by atoms with Crippen molar-refractivity contribution < 1.29 is 19.0 Å². The normalized spacial score (nSPS) is 17.1. The number of nitrogens with two attached hydrogens (primary N) is 1. The predicted molar refractivity (Wildman–Crippen MR) is 145 cm³/mol. The summed E-state index contributed by atoms with van der Waals surface area (Å²) in [6, 6.07) is 8.89. The molecule has 0 spiro atoms. The molecule has 2 aromatic carbocycles. The zero-order valence-corrected chi connectivity index (χ0v) is 21.5. The van der Waals surface area contributed by atoms with Crippen LogP contribution < -0.4 is 16.0 Å². The zero-order valence-electron chi connectivity index (χ0n) is 21.5. The molecule has 4 N–H and O–H groups in total. The van der Waals surface area contributed by atoms with Crippen molar-refractivity contribution in [2.24, 2.45) is 0 Å². The van der Waals surface area contributed by atoms with Crippen LogP contribution in [0.1, 0.15) is 51.8 Å². The van der Waals surface area contributed by atoms with Crippen LogP contribution in [-0.2, 0) is 17.8 Å². The number of halogens is 1. The van der Waals surface area contributed by atoms with Gasteiger partial charge in [-0.3, -0.25) is 9.48 Å². The number of hydrogen-bond acceptors (Lipinski definition) is 9. The fraction of sp³-hybridized carbons (Fsp3) is 0.321. The molecule has 1 saturated carbocycles. The quantitative estimate of drug-likeness (QED) is 0.320. The Morgan fingerprint density at radius 2 is 2.02 bits per heavy atom. The van der Waals surface area contributed by atoms with E-state index in [0.29, 0.717) is 54.6 Å². The van der Waals surface area contributed by atoms with Crippen molar-refractivity contribution in [1.29, 1.82) is 0 Å². The van der Waals surface area contributed by atoms with Gasteiger partial charge in [-0.25, -0.2) is 4.39 Å². The Morgan fingerprint density at radius 3 is 2.77 bits per heavy atom. The van der Waals surface area contributed by atoms with E-state index in [0.717, 1.165) is 24.0 Å². The second kappa shape index (κ2) is 9.65. The second-order valence-electron chi connectivity index (χ2n) is 10.3. The van der Waals surface area contributed by atoms with Crippen molar-refractivity contribution in [1.82, 2.24) is 24.7 Å². The van der Waals surface area contributed by atoms with Crippen LogP contribution >= 0.6 is 0 Å². The topological polar surface area (TPSA) is 144 Å². The fourth-order valence-corrected chi connectivity index (χ4v) is 5.35. The van der Waals surface area contributed by atoms with Gasteiger partial charge < -0.3 is 25.8 Å². The first-order chi connectivity index (χ1) is 19.5. The number of anilines is 4. The Bertz CT molecular complexity index is 1630. The summed E-state index contributed by atoms with van der Waals surface area (Å²) in [5.41, 5.74) is 9.89. The highest BCUT2D eigenvalue weighted by molar-refractivity contribution is 6.09. The average molecular weight is 543 g/mol. The van der Waals surface area contributed by atoms with E-state index in [1.165, 1.54) is 11.0 Å². The van der Waals surface area contributed by atoms with Crippen LogP contribution in [0.5, 0.6) is 0 Å². The SMILES string of the molecule is Nc1nc(Nc2cnn(C3COC3)c2)nc(-c2cccc(N3CCc4cc(C5CC5)cc(F)c4C3=O)c2CO)n1. The number of nitrogens with one attached hydrogen (secondary N) is 1. The Labute approximate surface area is 228 Å². The fourth-order valence-electron chi connectivity index (χ4n) is 5.35. The lowest BCUT2D eigenvalue weighted by atomic mass is 9.93. The number of benzene rings is 2. The van der Waals surface area contributed by atoms with Crippen molar-refractivity contribution in [2.75, 3.05) is 35.7 Å². The summed E-state index contributed by atoms with van der Waals surface area (Å²) in [6.07, 6.45) is 6.12. The molecule has 1 aliphatic carbocycles. The number of aliphatic hydroxyl groups is 1. The van der Waals surface area contributed by atoms with E-state index < -0.39 is 18.3 Å². The van der Waals surface area contributed by atoms with Crippen LogP contribution in [-0.4, -0.2) is 55.5 Å². The standard InChI is InChI=1S/C28H27FN8O3/c29-22-9-17(15-4-5-15)8-16-6-7-36(26(39)24(16)22)23-3-1-2-20(21(23)12-38)25-33-27(30)35-28(34-25)32-18-10-31-37(11-18)19-13-40-14-19/h1-3,8-11,15,19,38H,4-7,12-14H2,(H3,30,32,33,34,35). The van der Waals surface area contributed by atoms with Crippen molar-refractivity contribution in [3.8, 4) is 11.4 Å². The summed E-state index contributed by atoms with van der Waals surface area (Å²) in [4.78, 5) is 28.1. The van der Waals surface area contributed by atoms with E-state index >= 15 is 4.39 Å². The third kappa shape index (κ3) is 4.34. The van der Waals surface area contributed by atoms with E-state index in [1.54, 1.807) is 24.4 Å². The van der Waals surface area contributed by atoms with E-state index in [1.807, 2.05) is 16.9 Å². The molecule has 3 aliphatic rings. The molecule has 0 bridgehead atoms. The Morgan fingerprint density at radius 1 is 1.18 bits per heavy atom. The molecular formula is C28H27FN8O3. The number of nitrogens with zero attached hydrogens (tertiary/aromatic N) is 6. The molecule has 4 aromatic rings. The van der Waals surface area contributed by atoms with Gasteiger partial charge in [0.1, 0.15) is 5.82 Å². The average Bonchev–Trinajstić information content (AvgIpc) is 3.67. The molecule has 2 fully saturated rings. The van der Waals surface area contributed by atoms with Crippen LogP contribution in [0.15, 0.2) is 42.7 Å². The van der Waals surface area contributed by atoms with Crippen molar-refractivity contribution in [3.63, 3.8) is 0 Å². The maximum atomic E-state index is 15.2. The first-order valence-corrected chi connectivity index (χ1v) is 13.3. The molecule has 2 aliphatic heterocycles. The molecule has 4 heterocycles. The third-order valence-electron chi connectivity index (χ3n) is 7.65. The van der Waals surface area contributed by atoms with Crippen molar-refractivity contribution >= 4 is 29.2 Å². The maximum absolute atomic E-state index is 15.2.